The number of hydrogen-bond donors (Lipinski definition) is 0. The lowest BCUT2D eigenvalue weighted by atomic mass is 10.1. The third-order valence-corrected chi connectivity index (χ3v) is 7.93. The highest BCUT2D eigenvalue weighted by atomic mass is 32.2. The molecule has 0 aromatic heterocycles. The molecule has 6 nitrogen and oxygen atoms in total. The quantitative estimate of drug-likeness (QED) is 0.663. The number of ether oxygens (including phenoxy) is 1. The molecule has 2 aliphatic rings. The maximum Gasteiger partial charge on any atom is 0.243 e. The molecule has 0 unspecified atom stereocenters. The molecule has 160 valence electrons. The summed E-state index contributed by atoms with van der Waals surface area (Å²) in [6.07, 6.45) is 2.19. The van der Waals surface area contributed by atoms with Crippen LogP contribution in [0.1, 0.15) is 34.6 Å². The Morgan fingerprint density at radius 3 is 2.24 bits per heavy atom. The lowest BCUT2D eigenvalue weighted by Gasteiger charge is -2.34. The van der Waals surface area contributed by atoms with E-state index in [0.29, 0.717) is 38.5 Å². The average molecular weight is 421 g/mol. The zero-order chi connectivity index (χ0) is 21.4. The number of sulfonamides is 1. The Kier molecular flexibility index (Phi) is 6.11. The van der Waals surface area contributed by atoms with Gasteiger partial charge >= 0.3 is 0 Å². The van der Waals surface area contributed by atoms with E-state index < -0.39 is 10.0 Å². The summed E-state index contributed by atoms with van der Waals surface area (Å²) in [5, 5.41) is 0. The van der Waals surface area contributed by atoms with Crippen LogP contribution >= 0.6 is 0 Å². The molecule has 29 heavy (non-hydrogen) atoms. The Bertz CT molecular complexity index is 878. The summed E-state index contributed by atoms with van der Waals surface area (Å²) >= 11 is 0. The lowest BCUT2D eigenvalue weighted by Crippen LogP contribution is -2.51. The van der Waals surface area contributed by atoms with Crippen molar-refractivity contribution in [3.8, 4) is 5.75 Å². The van der Waals surface area contributed by atoms with Gasteiger partial charge in [0, 0.05) is 26.2 Å². The van der Waals surface area contributed by atoms with Gasteiger partial charge in [0.2, 0.25) is 15.9 Å². The highest BCUT2D eigenvalue weighted by Gasteiger charge is 2.61. The van der Waals surface area contributed by atoms with Gasteiger partial charge in [0.1, 0.15) is 5.75 Å². The summed E-state index contributed by atoms with van der Waals surface area (Å²) in [6, 6.07) is 6.51. The predicted octanol–water partition coefficient (Wildman–Crippen LogP) is 3.16. The molecule has 1 saturated heterocycles. The van der Waals surface area contributed by atoms with Crippen LogP contribution in [-0.4, -0.2) is 56.3 Å². The number of piperazine rings is 1. The van der Waals surface area contributed by atoms with Crippen molar-refractivity contribution in [2.24, 2.45) is 17.3 Å². The minimum absolute atomic E-state index is 0.00772. The number of allylic oxidation sites excluding steroid dienone is 2. The van der Waals surface area contributed by atoms with Gasteiger partial charge in [0.15, 0.2) is 0 Å². The molecule has 1 aromatic carbocycles. The van der Waals surface area contributed by atoms with E-state index in [-0.39, 0.29) is 28.1 Å². The highest BCUT2D eigenvalue weighted by molar-refractivity contribution is 7.89. The Hall–Kier alpha value is -1.86. The van der Waals surface area contributed by atoms with Crippen molar-refractivity contribution in [2.45, 2.75) is 39.5 Å². The number of carbonyl (C=O) groups is 1. The van der Waals surface area contributed by atoms with E-state index in [1.54, 1.807) is 24.3 Å². The number of hydrogen-bond acceptors (Lipinski definition) is 4. The molecule has 3 rings (SSSR count). The Labute approximate surface area is 174 Å². The maximum atomic E-state index is 13.0. The van der Waals surface area contributed by atoms with Crippen molar-refractivity contribution in [1.29, 1.82) is 0 Å². The average Bonchev–Trinajstić information content (AvgIpc) is 3.21. The monoisotopic (exact) mass is 420 g/mol. The van der Waals surface area contributed by atoms with E-state index in [1.165, 1.54) is 9.88 Å². The molecule has 1 saturated carbocycles. The number of nitrogens with zero attached hydrogens (tertiary/aromatic N) is 2. The maximum absolute atomic E-state index is 13.0. The molecule has 2 atom stereocenters. The molecule has 1 amide bonds. The minimum atomic E-state index is -3.57. The van der Waals surface area contributed by atoms with Crippen molar-refractivity contribution < 1.29 is 17.9 Å². The zero-order valence-corrected chi connectivity index (χ0v) is 18.8. The normalized spacial score (nSPS) is 24.1. The van der Waals surface area contributed by atoms with Crippen LogP contribution in [0, 0.1) is 17.3 Å². The van der Waals surface area contributed by atoms with E-state index >= 15 is 0 Å². The summed E-state index contributed by atoms with van der Waals surface area (Å²) in [5.74, 6) is 1.06. The lowest BCUT2D eigenvalue weighted by molar-refractivity contribution is -0.134. The first-order chi connectivity index (χ1) is 13.6. The Balaban J connectivity index is 1.63. The Morgan fingerprint density at radius 2 is 1.72 bits per heavy atom. The largest absolute Gasteiger partial charge is 0.494 e. The number of benzene rings is 1. The third-order valence-electron chi connectivity index (χ3n) is 6.01. The molecule has 7 heteroatoms. The summed E-state index contributed by atoms with van der Waals surface area (Å²) in [7, 11) is -3.57. The molecule has 0 radical (unpaired) electrons. The van der Waals surface area contributed by atoms with Crippen LogP contribution in [0.15, 0.2) is 40.8 Å². The molecule has 1 aromatic rings. The van der Waals surface area contributed by atoms with Crippen LogP contribution in [0.4, 0.5) is 0 Å². The molecule has 2 fully saturated rings. The SMILES string of the molecule is CCOc1ccc(S(=O)(=O)N2CCN(C(=O)[C@@H]3[C@H](C=C(C)C)C3(C)C)CC2)cc1. The summed E-state index contributed by atoms with van der Waals surface area (Å²) < 4.78 is 32.7. The fourth-order valence-electron chi connectivity index (χ4n) is 4.19. The van der Waals surface area contributed by atoms with E-state index in [2.05, 4.69) is 33.8 Å². The standard InChI is InChI=1S/C22H32N2O4S/c1-6-28-17-7-9-18(10-8-17)29(26,27)24-13-11-23(12-14-24)21(25)20-19(15-16(2)3)22(20,4)5/h7-10,15,19-20H,6,11-14H2,1-5H3/t19-,20-/m0/s1. The van der Waals surface area contributed by atoms with Crippen molar-refractivity contribution in [1.82, 2.24) is 9.21 Å². The van der Waals surface area contributed by atoms with Crippen LogP contribution in [0.5, 0.6) is 5.75 Å². The van der Waals surface area contributed by atoms with E-state index in [0.717, 1.165) is 0 Å². The van der Waals surface area contributed by atoms with Crippen LogP contribution in [0.3, 0.4) is 0 Å². The zero-order valence-electron chi connectivity index (χ0n) is 18.0. The fraction of sp³-hybridized carbons (Fsp3) is 0.591. The predicted molar refractivity (Wildman–Crippen MR) is 113 cm³/mol. The van der Waals surface area contributed by atoms with E-state index in [4.69, 9.17) is 4.74 Å². The van der Waals surface area contributed by atoms with Gasteiger partial charge in [0.05, 0.1) is 17.4 Å². The van der Waals surface area contributed by atoms with Crippen LogP contribution in [0.2, 0.25) is 0 Å². The molecular weight excluding hydrogens is 388 g/mol. The topological polar surface area (TPSA) is 66.9 Å². The molecule has 0 spiro atoms. The fourth-order valence-corrected chi connectivity index (χ4v) is 5.61. The molecule has 1 heterocycles. The van der Waals surface area contributed by atoms with Gasteiger partial charge in [-0.25, -0.2) is 8.42 Å². The first-order valence-corrected chi connectivity index (χ1v) is 11.7. The van der Waals surface area contributed by atoms with Gasteiger partial charge < -0.3 is 9.64 Å². The van der Waals surface area contributed by atoms with Gasteiger partial charge in [-0.3, -0.25) is 4.79 Å². The van der Waals surface area contributed by atoms with Crippen LogP contribution in [0.25, 0.3) is 0 Å². The minimum Gasteiger partial charge on any atom is -0.494 e. The van der Waals surface area contributed by atoms with Crippen molar-refractivity contribution >= 4 is 15.9 Å². The third kappa shape index (κ3) is 4.36. The summed E-state index contributed by atoms with van der Waals surface area (Å²) in [4.78, 5) is 15.1. The van der Waals surface area contributed by atoms with Gasteiger partial charge in [0.25, 0.3) is 0 Å². The molecular formula is C22H32N2O4S. The number of rotatable bonds is 6. The van der Waals surface area contributed by atoms with Gasteiger partial charge in [-0.05, 0) is 56.4 Å². The van der Waals surface area contributed by atoms with Crippen molar-refractivity contribution in [3.63, 3.8) is 0 Å². The molecule has 1 aliphatic carbocycles. The van der Waals surface area contributed by atoms with Crippen LogP contribution < -0.4 is 4.74 Å². The molecule has 0 N–H and O–H groups in total. The molecule has 1 aliphatic heterocycles. The summed E-state index contributed by atoms with van der Waals surface area (Å²) in [5.41, 5.74) is 1.20. The number of carbonyl (C=O) groups excluding carboxylic acids is 1. The second-order valence-corrected chi connectivity index (χ2v) is 10.6. The molecule has 0 bridgehead atoms. The van der Waals surface area contributed by atoms with Crippen molar-refractivity contribution in [3.05, 3.63) is 35.9 Å². The smallest absolute Gasteiger partial charge is 0.243 e. The van der Waals surface area contributed by atoms with Crippen molar-refractivity contribution in [2.75, 3.05) is 32.8 Å². The number of amides is 1. The second-order valence-electron chi connectivity index (χ2n) is 8.70. The van der Waals surface area contributed by atoms with Gasteiger partial charge in [-0.2, -0.15) is 4.31 Å². The van der Waals surface area contributed by atoms with E-state index in [9.17, 15) is 13.2 Å². The van der Waals surface area contributed by atoms with Gasteiger partial charge in [-0.1, -0.05) is 25.5 Å². The first-order valence-electron chi connectivity index (χ1n) is 10.3. The second kappa shape index (κ2) is 8.11. The summed E-state index contributed by atoms with van der Waals surface area (Å²) in [6.45, 7) is 12.3. The van der Waals surface area contributed by atoms with Crippen LogP contribution in [-0.2, 0) is 14.8 Å². The van der Waals surface area contributed by atoms with Gasteiger partial charge in [-0.15, -0.1) is 0 Å². The highest BCUT2D eigenvalue weighted by Crippen LogP contribution is 2.60. The first kappa shape index (κ1) is 21.8. The van der Waals surface area contributed by atoms with E-state index in [1.807, 2.05) is 11.8 Å². The Morgan fingerprint density at radius 1 is 1.14 bits per heavy atom.